The summed E-state index contributed by atoms with van der Waals surface area (Å²) in [5.41, 5.74) is 1.00. The first-order valence-corrected chi connectivity index (χ1v) is 10.9. The maximum atomic E-state index is 12.9. The van der Waals surface area contributed by atoms with Crippen molar-refractivity contribution in [1.29, 1.82) is 0 Å². The summed E-state index contributed by atoms with van der Waals surface area (Å²) in [6.45, 7) is 8.80. The molecule has 0 bridgehead atoms. The molecule has 1 aliphatic rings. The molecule has 1 amide bonds. The molecular formula is C18H27BrN2O3S. The number of carbonyl (C=O) groups excluding carboxylic acids is 1. The van der Waals surface area contributed by atoms with Crippen molar-refractivity contribution in [2.45, 2.75) is 51.5 Å². The van der Waals surface area contributed by atoms with Crippen LogP contribution in [-0.4, -0.2) is 37.8 Å². The topological polar surface area (TPSA) is 66.5 Å². The highest BCUT2D eigenvalue weighted by molar-refractivity contribution is 9.10. The highest BCUT2D eigenvalue weighted by Crippen LogP contribution is 2.29. The molecule has 25 heavy (non-hydrogen) atoms. The van der Waals surface area contributed by atoms with Crippen LogP contribution in [0, 0.1) is 18.8 Å². The van der Waals surface area contributed by atoms with E-state index in [2.05, 4.69) is 35.1 Å². The summed E-state index contributed by atoms with van der Waals surface area (Å²) in [5, 5.41) is 3.04. The van der Waals surface area contributed by atoms with Crippen LogP contribution in [0.2, 0.25) is 0 Å². The van der Waals surface area contributed by atoms with E-state index < -0.39 is 10.0 Å². The van der Waals surface area contributed by atoms with Gasteiger partial charge >= 0.3 is 0 Å². The third-order valence-corrected chi connectivity index (χ3v) is 7.78. The Kier molecular flexibility index (Phi) is 6.68. The number of aryl methyl sites for hydroxylation is 1. The summed E-state index contributed by atoms with van der Waals surface area (Å²) in [6.07, 6.45) is 1.11. The average molecular weight is 431 g/mol. The molecule has 1 N–H and O–H groups in total. The number of carbonyl (C=O) groups is 1. The molecule has 1 unspecified atom stereocenters. The van der Waals surface area contributed by atoms with Crippen molar-refractivity contribution in [3.63, 3.8) is 0 Å². The second kappa shape index (κ2) is 8.18. The second-order valence-corrected chi connectivity index (χ2v) is 9.91. The van der Waals surface area contributed by atoms with Gasteiger partial charge < -0.3 is 5.32 Å². The Labute approximate surface area is 159 Å². The van der Waals surface area contributed by atoms with E-state index in [0.717, 1.165) is 5.56 Å². The summed E-state index contributed by atoms with van der Waals surface area (Å²) >= 11 is 3.36. The Hall–Kier alpha value is -0.920. The number of hydrogen-bond acceptors (Lipinski definition) is 3. The van der Waals surface area contributed by atoms with Gasteiger partial charge in [-0.2, -0.15) is 4.31 Å². The summed E-state index contributed by atoms with van der Waals surface area (Å²) in [4.78, 5) is 12.6. The van der Waals surface area contributed by atoms with E-state index in [9.17, 15) is 13.2 Å². The predicted octanol–water partition coefficient (Wildman–Crippen LogP) is 3.32. The Balaban J connectivity index is 2.02. The summed E-state index contributed by atoms with van der Waals surface area (Å²) in [6, 6.07) is 5.36. The number of piperidine rings is 1. The fraction of sp³-hybridized carbons (Fsp3) is 0.611. The van der Waals surface area contributed by atoms with Crippen molar-refractivity contribution in [3.8, 4) is 0 Å². The maximum Gasteiger partial charge on any atom is 0.244 e. The van der Waals surface area contributed by atoms with Crippen LogP contribution in [0.3, 0.4) is 0 Å². The van der Waals surface area contributed by atoms with Crippen LogP contribution in [0.4, 0.5) is 0 Å². The summed E-state index contributed by atoms with van der Waals surface area (Å²) in [7, 11) is -3.54. The predicted molar refractivity (Wildman–Crippen MR) is 103 cm³/mol. The smallest absolute Gasteiger partial charge is 0.244 e. The lowest BCUT2D eigenvalue weighted by Gasteiger charge is -2.31. The highest BCUT2D eigenvalue weighted by atomic mass is 79.9. The van der Waals surface area contributed by atoms with Gasteiger partial charge in [0.25, 0.3) is 0 Å². The first-order valence-electron chi connectivity index (χ1n) is 8.69. The minimum Gasteiger partial charge on any atom is -0.353 e. The Bertz CT molecular complexity index is 726. The van der Waals surface area contributed by atoms with Crippen molar-refractivity contribution in [3.05, 3.63) is 28.2 Å². The van der Waals surface area contributed by atoms with E-state index in [4.69, 9.17) is 0 Å². The number of nitrogens with one attached hydrogen (secondary N) is 1. The quantitative estimate of drug-likeness (QED) is 0.778. The number of benzene rings is 1. The molecule has 1 fully saturated rings. The first-order chi connectivity index (χ1) is 11.6. The lowest BCUT2D eigenvalue weighted by molar-refractivity contribution is -0.127. The van der Waals surface area contributed by atoms with E-state index in [1.165, 1.54) is 4.31 Å². The van der Waals surface area contributed by atoms with Crippen LogP contribution < -0.4 is 5.32 Å². The van der Waals surface area contributed by atoms with Gasteiger partial charge in [0.1, 0.15) is 0 Å². The fourth-order valence-electron chi connectivity index (χ4n) is 2.82. The second-order valence-electron chi connectivity index (χ2n) is 7.15. The van der Waals surface area contributed by atoms with E-state index in [-0.39, 0.29) is 22.8 Å². The lowest BCUT2D eigenvalue weighted by atomic mass is 9.96. The van der Waals surface area contributed by atoms with Crippen LogP contribution in [0.25, 0.3) is 0 Å². The van der Waals surface area contributed by atoms with Gasteiger partial charge in [-0.1, -0.05) is 19.9 Å². The fourth-order valence-corrected chi connectivity index (χ4v) is 5.44. The zero-order valence-electron chi connectivity index (χ0n) is 15.3. The van der Waals surface area contributed by atoms with Crippen LogP contribution in [-0.2, 0) is 14.8 Å². The molecule has 0 aliphatic carbocycles. The molecule has 7 heteroatoms. The average Bonchev–Trinajstić information content (AvgIpc) is 2.54. The van der Waals surface area contributed by atoms with Gasteiger partial charge in [-0.3, -0.25) is 4.79 Å². The number of halogens is 1. The van der Waals surface area contributed by atoms with Gasteiger partial charge in [0.2, 0.25) is 15.9 Å². The Morgan fingerprint density at radius 1 is 1.24 bits per heavy atom. The molecule has 0 aromatic heterocycles. The molecule has 1 aromatic carbocycles. The molecule has 1 atom stereocenters. The molecule has 140 valence electrons. The van der Waals surface area contributed by atoms with Crippen LogP contribution in [0.15, 0.2) is 27.6 Å². The van der Waals surface area contributed by atoms with Crippen LogP contribution >= 0.6 is 15.9 Å². The Morgan fingerprint density at radius 3 is 2.36 bits per heavy atom. The summed E-state index contributed by atoms with van der Waals surface area (Å²) in [5.74, 6) is 0.298. The van der Waals surface area contributed by atoms with Gasteiger partial charge in [-0.05, 0) is 66.2 Å². The molecule has 0 saturated carbocycles. The minimum atomic E-state index is -3.54. The molecule has 1 saturated heterocycles. The van der Waals surface area contributed by atoms with Crippen molar-refractivity contribution in [2.75, 3.05) is 13.1 Å². The molecule has 1 aliphatic heterocycles. The van der Waals surface area contributed by atoms with Crippen molar-refractivity contribution in [2.24, 2.45) is 11.8 Å². The zero-order chi connectivity index (χ0) is 18.8. The van der Waals surface area contributed by atoms with E-state index in [1.54, 1.807) is 18.2 Å². The number of amides is 1. The molecule has 0 spiro atoms. The van der Waals surface area contributed by atoms with Crippen LogP contribution in [0.5, 0.6) is 0 Å². The SMILES string of the molecule is Cc1ccc(S(=O)(=O)N2CCC(C(=O)NC(C)C(C)C)CC2)c(Br)c1. The number of rotatable bonds is 5. The molecular weight excluding hydrogens is 404 g/mol. The molecule has 2 rings (SSSR count). The van der Waals surface area contributed by atoms with E-state index in [1.807, 2.05) is 13.8 Å². The van der Waals surface area contributed by atoms with Gasteiger partial charge in [-0.25, -0.2) is 8.42 Å². The number of sulfonamides is 1. The van der Waals surface area contributed by atoms with Crippen molar-refractivity contribution < 1.29 is 13.2 Å². The van der Waals surface area contributed by atoms with Crippen molar-refractivity contribution >= 4 is 31.9 Å². The number of nitrogens with zero attached hydrogens (tertiary/aromatic N) is 1. The Morgan fingerprint density at radius 2 is 1.84 bits per heavy atom. The molecule has 1 aromatic rings. The van der Waals surface area contributed by atoms with Gasteiger partial charge in [-0.15, -0.1) is 0 Å². The third kappa shape index (κ3) is 4.83. The monoisotopic (exact) mass is 430 g/mol. The molecule has 0 radical (unpaired) electrons. The maximum absolute atomic E-state index is 12.9. The van der Waals surface area contributed by atoms with Gasteiger partial charge in [0, 0.05) is 29.5 Å². The molecule has 1 heterocycles. The highest BCUT2D eigenvalue weighted by Gasteiger charge is 2.33. The van der Waals surface area contributed by atoms with E-state index in [0.29, 0.717) is 36.3 Å². The zero-order valence-corrected chi connectivity index (χ0v) is 17.7. The number of hydrogen-bond donors (Lipinski definition) is 1. The van der Waals surface area contributed by atoms with Gasteiger partial charge in [0.15, 0.2) is 0 Å². The third-order valence-electron chi connectivity index (χ3n) is 4.90. The van der Waals surface area contributed by atoms with Gasteiger partial charge in [0.05, 0.1) is 4.90 Å². The standard InChI is InChI=1S/C18H27BrN2O3S/c1-12(2)14(4)20-18(22)15-7-9-21(10-8-15)25(23,24)17-6-5-13(3)11-16(17)19/h5-6,11-12,14-15H,7-10H2,1-4H3,(H,20,22). The summed E-state index contributed by atoms with van der Waals surface area (Å²) < 4.78 is 27.8. The largest absolute Gasteiger partial charge is 0.353 e. The van der Waals surface area contributed by atoms with Crippen molar-refractivity contribution in [1.82, 2.24) is 9.62 Å². The normalized spacial score (nSPS) is 18.3. The first kappa shape index (κ1) is 20.4. The lowest BCUT2D eigenvalue weighted by Crippen LogP contribution is -2.45. The van der Waals surface area contributed by atoms with Crippen LogP contribution in [0.1, 0.15) is 39.2 Å². The minimum absolute atomic E-state index is 0.0368. The molecule has 5 nitrogen and oxygen atoms in total. The van der Waals surface area contributed by atoms with E-state index >= 15 is 0 Å².